The SMILES string of the molecule is NCCCNc1ncnc2c1ncn2[C@@H]1O[C@@H]2CO[P@@](=O)(S)OC3C(F)[C@H](n4cnc5c(N)ncnc54)O[C@@H]3CO[P@@](=O)(S)OC2C1F. The van der Waals surface area contributed by atoms with Crippen molar-refractivity contribution in [3.63, 3.8) is 0 Å². The van der Waals surface area contributed by atoms with E-state index in [2.05, 4.69) is 59.7 Å². The molecule has 0 aliphatic carbocycles. The van der Waals surface area contributed by atoms with Crippen LogP contribution >= 0.6 is 38.1 Å². The number of nitrogens with one attached hydrogen (secondary N) is 1. The fourth-order valence-electron chi connectivity index (χ4n) is 5.59. The number of nitrogens with two attached hydrogens (primary N) is 2. The molecule has 0 spiro atoms. The first-order valence-electron chi connectivity index (χ1n) is 14.4. The molecule has 3 fully saturated rings. The van der Waals surface area contributed by atoms with Crippen LogP contribution in [0.4, 0.5) is 20.4 Å². The van der Waals surface area contributed by atoms with E-state index in [1.807, 2.05) is 0 Å². The lowest BCUT2D eigenvalue weighted by Gasteiger charge is -2.28. The summed E-state index contributed by atoms with van der Waals surface area (Å²) in [6.45, 7) is -9.13. The fourth-order valence-corrected chi connectivity index (χ4v) is 8.56. The standard InChI is InChI=1S/C23H29F2N11O8P2S2/c24-12-16-10(41-22(12)35-8-33-14-18(27)29-6-31-20(14)35)4-39-46(38,48)44-17-11(5-40-45(37,47)43-16)42-23(13(17)25)36-9-34-15-19(28-3-1-2-26)30-7-32-21(15)36/h6-13,16-17,22-23H,1-5,26H2,(H,37,47)(H,38,48)(H2,27,29,31)(H,28,30,32)/t10-,11-,12?,13?,16?,17?,22-,23-,45-,46-/m1/s1. The minimum absolute atomic E-state index is 0.0513. The van der Waals surface area contributed by atoms with Gasteiger partial charge in [0.25, 0.3) is 0 Å². The number of thiol groups is 2. The minimum atomic E-state index is -4.40. The van der Waals surface area contributed by atoms with Crippen molar-refractivity contribution in [3.05, 3.63) is 25.3 Å². The van der Waals surface area contributed by atoms with Gasteiger partial charge in [0.2, 0.25) is 0 Å². The van der Waals surface area contributed by atoms with Gasteiger partial charge in [0.15, 0.2) is 53.2 Å². The molecule has 0 radical (unpaired) electrons. The van der Waals surface area contributed by atoms with Gasteiger partial charge in [0, 0.05) is 6.54 Å². The zero-order chi connectivity index (χ0) is 33.8. The summed E-state index contributed by atoms with van der Waals surface area (Å²) in [7, 11) is 0. The van der Waals surface area contributed by atoms with Crippen molar-refractivity contribution < 1.29 is 45.5 Å². The smallest absolute Gasteiger partial charge is 0.382 e. The maximum atomic E-state index is 16.2. The van der Waals surface area contributed by atoms with Gasteiger partial charge in [-0.15, -0.1) is 0 Å². The second kappa shape index (κ2) is 13.3. The summed E-state index contributed by atoms with van der Waals surface area (Å²) >= 11 is 8.06. The van der Waals surface area contributed by atoms with Crippen LogP contribution in [0.15, 0.2) is 25.3 Å². The Kier molecular flexibility index (Phi) is 9.39. The van der Waals surface area contributed by atoms with Crippen molar-refractivity contribution in [2.24, 2.45) is 5.73 Å². The summed E-state index contributed by atoms with van der Waals surface area (Å²) in [5.41, 5.74) is 12.3. The first-order chi connectivity index (χ1) is 23.0. The van der Waals surface area contributed by atoms with E-state index < -0.39 is 76.0 Å². The highest BCUT2D eigenvalue weighted by Crippen LogP contribution is 2.60. The van der Waals surface area contributed by atoms with E-state index in [-0.39, 0.29) is 22.6 Å². The zero-order valence-corrected chi connectivity index (χ0v) is 28.1. The quantitative estimate of drug-likeness (QED) is 0.108. The molecular weight excluding hydrogens is 722 g/mol. The third-order valence-corrected chi connectivity index (χ3v) is 11.0. The molecule has 19 nitrogen and oxygen atoms in total. The van der Waals surface area contributed by atoms with Gasteiger partial charge in [-0.25, -0.2) is 47.8 Å². The summed E-state index contributed by atoms with van der Waals surface area (Å²) in [6.07, 6.45) is -7.27. The Morgan fingerprint density at radius 1 is 0.833 bits per heavy atom. The second-order valence-electron chi connectivity index (χ2n) is 10.9. The van der Waals surface area contributed by atoms with Crippen molar-refractivity contribution in [2.75, 3.05) is 37.4 Å². The maximum Gasteiger partial charge on any atom is 0.386 e. The Labute approximate surface area is 280 Å². The number of anilines is 2. The Morgan fingerprint density at radius 2 is 1.35 bits per heavy atom. The van der Waals surface area contributed by atoms with Gasteiger partial charge < -0.3 is 26.3 Å². The molecular formula is C23H29F2N11O8P2S2. The van der Waals surface area contributed by atoms with Crippen molar-refractivity contribution in [3.8, 4) is 0 Å². The van der Waals surface area contributed by atoms with Gasteiger partial charge in [-0.05, 0) is 13.0 Å². The van der Waals surface area contributed by atoms with E-state index in [0.717, 1.165) is 6.33 Å². The lowest BCUT2D eigenvalue weighted by atomic mass is 10.1. The Morgan fingerprint density at radius 3 is 1.92 bits per heavy atom. The molecule has 0 saturated carbocycles. The van der Waals surface area contributed by atoms with E-state index in [1.165, 1.54) is 28.1 Å². The average Bonchev–Trinajstić information content (AvgIpc) is 3.81. The highest BCUT2D eigenvalue weighted by Gasteiger charge is 2.54. The molecule has 4 unspecified atom stereocenters. The minimum Gasteiger partial charge on any atom is -0.382 e. The molecule has 25 heteroatoms. The van der Waals surface area contributed by atoms with Crippen LogP contribution in [0, 0.1) is 0 Å². The zero-order valence-electron chi connectivity index (χ0n) is 24.5. The van der Waals surface area contributed by atoms with Gasteiger partial charge >= 0.3 is 13.6 Å². The van der Waals surface area contributed by atoms with Crippen LogP contribution < -0.4 is 16.8 Å². The number of rotatable bonds is 6. The number of alkyl halides is 2. The molecule has 4 aromatic heterocycles. The average molecular weight is 752 g/mol. The Balaban J connectivity index is 1.14. The van der Waals surface area contributed by atoms with Crippen molar-refractivity contribution in [2.45, 2.75) is 55.6 Å². The Bertz CT molecular complexity index is 1910. The molecule has 10 atom stereocenters. The number of halogens is 2. The molecule has 7 heterocycles. The topological polar surface area (TPSA) is 241 Å². The van der Waals surface area contributed by atoms with Crippen molar-refractivity contribution in [1.82, 2.24) is 39.0 Å². The molecule has 48 heavy (non-hydrogen) atoms. The van der Waals surface area contributed by atoms with Gasteiger partial charge in [-0.3, -0.25) is 27.2 Å². The number of nitrogens with zero attached hydrogens (tertiary/aromatic N) is 8. The highest BCUT2D eigenvalue weighted by atomic mass is 32.7. The van der Waals surface area contributed by atoms with Crippen LogP contribution in [0.25, 0.3) is 22.3 Å². The monoisotopic (exact) mass is 751 g/mol. The molecule has 260 valence electrons. The Hall–Kier alpha value is -2.56. The van der Waals surface area contributed by atoms with E-state index in [9.17, 15) is 9.13 Å². The first-order valence-corrected chi connectivity index (χ1v) is 19.8. The van der Waals surface area contributed by atoms with Crippen molar-refractivity contribution in [1.29, 1.82) is 0 Å². The van der Waals surface area contributed by atoms with E-state index in [0.29, 0.717) is 30.8 Å². The van der Waals surface area contributed by atoms with Crippen LogP contribution in [0.1, 0.15) is 18.9 Å². The molecule has 3 aliphatic heterocycles. The van der Waals surface area contributed by atoms with Gasteiger partial charge in [-0.1, -0.05) is 24.5 Å². The van der Waals surface area contributed by atoms with Crippen LogP contribution in [0.3, 0.4) is 0 Å². The predicted octanol–water partition coefficient (Wildman–Crippen LogP) is 2.37. The highest BCUT2D eigenvalue weighted by molar-refractivity contribution is 8.44. The van der Waals surface area contributed by atoms with Crippen LogP contribution in [-0.2, 0) is 36.7 Å². The third-order valence-electron chi connectivity index (χ3n) is 7.82. The maximum absolute atomic E-state index is 16.2. The lowest BCUT2D eigenvalue weighted by Crippen LogP contribution is -2.36. The number of nitrogen functional groups attached to an aromatic ring is 1. The molecule has 0 amide bonds. The normalized spacial score (nSPS) is 36.0. The first kappa shape index (κ1) is 33.9. The van der Waals surface area contributed by atoms with Crippen LogP contribution in [0.5, 0.6) is 0 Å². The number of hydrogen-bond donors (Lipinski definition) is 5. The summed E-state index contributed by atoms with van der Waals surface area (Å²) in [4.78, 5) is 24.8. The van der Waals surface area contributed by atoms with Crippen LogP contribution in [-0.4, -0.2) is 102 Å². The summed E-state index contributed by atoms with van der Waals surface area (Å²) in [6, 6.07) is 0. The van der Waals surface area contributed by atoms with E-state index in [1.54, 1.807) is 0 Å². The molecule has 7 rings (SSSR count). The molecule has 0 bridgehead atoms. The van der Waals surface area contributed by atoms with Gasteiger partial charge in [0.05, 0.1) is 25.9 Å². The predicted molar refractivity (Wildman–Crippen MR) is 170 cm³/mol. The molecule has 3 saturated heterocycles. The van der Waals surface area contributed by atoms with Gasteiger partial charge in [0.1, 0.15) is 42.6 Å². The summed E-state index contributed by atoms with van der Waals surface area (Å²) in [5.74, 6) is 0.448. The number of ether oxygens (including phenoxy) is 2. The summed E-state index contributed by atoms with van der Waals surface area (Å²) in [5, 5.41) is 3.10. The molecule has 3 aliphatic rings. The number of fused-ring (bicyclic) bond motifs is 4. The lowest BCUT2D eigenvalue weighted by molar-refractivity contribution is -0.0544. The van der Waals surface area contributed by atoms with Gasteiger partial charge in [-0.2, -0.15) is 0 Å². The van der Waals surface area contributed by atoms with Crippen LogP contribution in [0.2, 0.25) is 0 Å². The third kappa shape index (κ3) is 6.41. The van der Waals surface area contributed by atoms with Crippen molar-refractivity contribution >= 4 is 72.1 Å². The molecule has 5 N–H and O–H groups in total. The fraction of sp³-hybridized carbons (Fsp3) is 0.565. The molecule has 4 aromatic rings. The summed E-state index contributed by atoms with van der Waals surface area (Å²) < 4.78 is 95.4. The largest absolute Gasteiger partial charge is 0.386 e. The number of imidazole rings is 2. The van der Waals surface area contributed by atoms with E-state index in [4.69, 9.17) is 39.0 Å². The number of hydrogen-bond acceptors (Lipinski definition) is 17. The molecule has 0 aromatic carbocycles. The van der Waals surface area contributed by atoms with E-state index >= 15 is 8.78 Å². The number of aromatic nitrogens is 8. The second-order valence-corrected chi connectivity index (χ2v) is 16.6.